The fourth-order valence-electron chi connectivity index (χ4n) is 1.87. The van der Waals surface area contributed by atoms with Crippen LogP contribution in [0.15, 0.2) is 36.7 Å². The molecule has 1 heterocycles. The molecule has 0 aliphatic heterocycles. The summed E-state index contributed by atoms with van der Waals surface area (Å²) in [6.07, 6.45) is -0.394. The van der Waals surface area contributed by atoms with E-state index in [2.05, 4.69) is 5.10 Å². The fraction of sp³-hybridized carbons (Fsp3) is 0.286. The van der Waals surface area contributed by atoms with Crippen LogP contribution in [0, 0.1) is 0 Å². The van der Waals surface area contributed by atoms with E-state index in [9.17, 15) is 18.0 Å². The number of ketones is 1. The zero-order chi connectivity index (χ0) is 14.8. The smallest absolute Gasteiger partial charge is 0.294 e. The molecule has 0 unspecified atom stereocenters. The SMILES string of the molecule is Cn1cc(CCC(=O)c2cccc(C(F)(F)F)c2)cn1. The highest BCUT2D eigenvalue weighted by Gasteiger charge is 2.30. The topological polar surface area (TPSA) is 34.9 Å². The molecule has 0 aliphatic rings. The number of carbonyl (C=O) groups excluding carboxylic acids is 1. The summed E-state index contributed by atoms with van der Waals surface area (Å²) in [7, 11) is 1.76. The van der Waals surface area contributed by atoms with Gasteiger partial charge in [0.1, 0.15) is 0 Å². The molecular weight excluding hydrogens is 269 g/mol. The summed E-state index contributed by atoms with van der Waals surface area (Å²) in [5, 5.41) is 3.97. The number of aromatic nitrogens is 2. The van der Waals surface area contributed by atoms with E-state index in [-0.39, 0.29) is 17.8 Å². The lowest BCUT2D eigenvalue weighted by molar-refractivity contribution is -0.137. The summed E-state index contributed by atoms with van der Waals surface area (Å²) < 4.78 is 39.3. The second kappa shape index (κ2) is 5.48. The Labute approximate surface area is 114 Å². The number of alkyl halides is 3. The average molecular weight is 282 g/mol. The molecule has 0 bridgehead atoms. The van der Waals surface area contributed by atoms with E-state index >= 15 is 0 Å². The van der Waals surface area contributed by atoms with E-state index in [1.54, 1.807) is 24.1 Å². The lowest BCUT2D eigenvalue weighted by Gasteiger charge is -2.08. The highest BCUT2D eigenvalue weighted by atomic mass is 19.4. The van der Waals surface area contributed by atoms with Crippen molar-refractivity contribution in [2.45, 2.75) is 19.0 Å². The minimum Gasteiger partial charge on any atom is -0.294 e. The monoisotopic (exact) mass is 282 g/mol. The highest BCUT2D eigenvalue weighted by Crippen LogP contribution is 2.29. The van der Waals surface area contributed by atoms with Crippen molar-refractivity contribution in [3.8, 4) is 0 Å². The molecule has 6 heteroatoms. The first-order chi connectivity index (χ1) is 9.36. The normalized spacial score (nSPS) is 11.6. The van der Waals surface area contributed by atoms with Gasteiger partial charge in [0.25, 0.3) is 0 Å². The average Bonchev–Trinajstić information content (AvgIpc) is 2.81. The van der Waals surface area contributed by atoms with E-state index < -0.39 is 11.7 Å². The van der Waals surface area contributed by atoms with Gasteiger partial charge in [0.05, 0.1) is 11.8 Å². The van der Waals surface area contributed by atoms with Gasteiger partial charge in [-0.25, -0.2) is 0 Å². The summed E-state index contributed by atoms with van der Waals surface area (Å²) >= 11 is 0. The van der Waals surface area contributed by atoms with E-state index in [4.69, 9.17) is 0 Å². The number of nitrogens with zero attached hydrogens (tertiary/aromatic N) is 2. The van der Waals surface area contributed by atoms with Gasteiger partial charge >= 0.3 is 6.18 Å². The van der Waals surface area contributed by atoms with Crippen LogP contribution in [0.25, 0.3) is 0 Å². The Hall–Kier alpha value is -2.11. The second-order valence-electron chi connectivity index (χ2n) is 4.52. The van der Waals surface area contributed by atoms with Gasteiger partial charge in [0.15, 0.2) is 5.78 Å². The van der Waals surface area contributed by atoms with Gasteiger partial charge in [-0.1, -0.05) is 12.1 Å². The fourth-order valence-corrected chi connectivity index (χ4v) is 1.87. The van der Waals surface area contributed by atoms with Gasteiger partial charge in [0, 0.05) is 25.2 Å². The van der Waals surface area contributed by atoms with E-state index in [1.807, 2.05) is 0 Å². The number of halogens is 3. The molecule has 0 saturated heterocycles. The molecule has 1 aromatic heterocycles. The molecular formula is C14H13F3N2O. The van der Waals surface area contributed by atoms with Crippen molar-refractivity contribution in [1.82, 2.24) is 9.78 Å². The Morgan fingerprint density at radius 1 is 1.35 bits per heavy atom. The van der Waals surface area contributed by atoms with Crippen LogP contribution < -0.4 is 0 Å². The maximum Gasteiger partial charge on any atom is 0.416 e. The van der Waals surface area contributed by atoms with Crippen LogP contribution in [0.1, 0.15) is 27.9 Å². The minimum atomic E-state index is -4.43. The Kier molecular flexibility index (Phi) is 3.92. The molecule has 106 valence electrons. The Bertz CT molecular complexity index is 617. The van der Waals surface area contributed by atoms with Crippen LogP contribution in [-0.4, -0.2) is 15.6 Å². The number of hydrogen-bond donors (Lipinski definition) is 0. The van der Waals surface area contributed by atoms with Gasteiger partial charge < -0.3 is 0 Å². The summed E-state index contributed by atoms with van der Waals surface area (Å²) in [6.45, 7) is 0. The molecule has 0 N–H and O–H groups in total. The number of Topliss-reactive ketones (excluding diaryl/α,β-unsaturated/α-hetero) is 1. The molecule has 0 atom stereocenters. The van der Waals surface area contributed by atoms with Crippen molar-refractivity contribution in [3.05, 3.63) is 53.3 Å². The number of benzene rings is 1. The van der Waals surface area contributed by atoms with Crippen LogP contribution in [-0.2, 0) is 19.6 Å². The standard InChI is InChI=1S/C14H13F3N2O/c1-19-9-10(8-18-19)5-6-13(20)11-3-2-4-12(7-11)14(15,16)17/h2-4,7-9H,5-6H2,1H3. The Morgan fingerprint density at radius 3 is 2.70 bits per heavy atom. The molecule has 1 aromatic carbocycles. The molecule has 0 radical (unpaired) electrons. The largest absolute Gasteiger partial charge is 0.416 e. The van der Waals surface area contributed by atoms with Crippen molar-refractivity contribution in [3.63, 3.8) is 0 Å². The molecule has 3 nitrogen and oxygen atoms in total. The lowest BCUT2D eigenvalue weighted by atomic mass is 10.0. The quantitative estimate of drug-likeness (QED) is 0.807. The molecule has 2 rings (SSSR count). The minimum absolute atomic E-state index is 0.0868. The first-order valence-electron chi connectivity index (χ1n) is 6.04. The predicted molar refractivity (Wildman–Crippen MR) is 67.3 cm³/mol. The molecule has 0 spiro atoms. The summed E-state index contributed by atoms with van der Waals surface area (Å²) in [6, 6.07) is 4.50. The van der Waals surface area contributed by atoms with Crippen LogP contribution >= 0.6 is 0 Å². The highest BCUT2D eigenvalue weighted by molar-refractivity contribution is 5.96. The molecule has 0 saturated carbocycles. The lowest BCUT2D eigenvalue weighted by Crippen LogP contribution is -2.08. The van der Waals surface area contributed by atoms with Crippen LogP contribution in [0.5, 0.6) is 0 Å². The zero-order valence-electron chi connectivity index (χ0n) is 10.8. The zero-order valence-corrected chi connectivity index (χ0v) is 10.8. The van der Waals surface area contributed by atoms with Crippen LogP contribution in [0.3, 0.4) is 0 Å². The first kappa shape index (κ1) is 14.3. The molecule has 2 aromatic rings. The van der Waals surface area contributed by atoms with E-state index in [1.165, 1.54) is 12.1 Å². The number of aryl methyl sites for hydroxylation is 2. The van der Waals surface area contributed by atoms with Gasteiger partial charge in [-0.05, 0) is 24.1 Å². The summed E-state index contributed by atoms with van der Waals surface area (Å²) in [5.41, 5.74) is 0.168. The number of rotatable bonds is 4. The molecule has 0 fully saturated rings. The summed E-state index contributed by atoms with van der Waals surface area (Å²) in [5.74, 6) is -0.306. The van der Waals surface area contributed by atoms with Crippen molar-refractivity contribution in [2.24, 2.45) is 7.05 Å². The van der Waals surface area contributed by atoms with Crippen molar-refractivity contribution < 1.29 is 18.0 Å². The third-order valence-electron chi connectivity index (χ3n) is 2.91. The number of carbonyl (C=O) groups is 1. The third kappa shape index (κ3) is 3.46. The van der Waals surface area contributed by atoms with Crippen molar-refractivity contribution in [1.29, 1.82) is 0 Å². The van der Waals surface area contributed by atoms with E-state index in [0.29, 0.717) is 6.42 Å². The van der Waals surface area contributed by atoms with Crippen LogP contribution in [0.4, 0.5) is 13.2 Å². The van der Waals surface area contributed by atoms with Crippen molar-refractivity contribution >= 4 is 5.78 Å². The Morgan fingerprint density at radius 2 is 2.10 bits per heavy atom. The third-order valence-corrected chi connectivity index (χ3v) is 2.91. The van der Waals surface area contributed by atoms with E-state index in [0.717, 1.165) is 17.7 Å². The van der Waals surface area contributed by atoms with Crippen LogP contribution in [0.2, 0.25) is 0 Å². The maximum absolute atomic E-state index is 12.6. The van der Waals surface area contributed by atoms with Gasteiger partial charge in [-0.15, -0.1) is 0 Å². The predicted octanol–water partition coefficient (Wildman–Crippen LogP) is 3.25. The molecule has 20 heavy (non-hydrogen) atoms. The Balaban J connectivity index is 2.06. The van der Waals surface area contributed by atoms with Gasteiger partial charge in [0.2, 0.25) is 0 Å². The first-order valence-corrected chi connectivity index (χ1v) is 6.04. The maximum atomic E-state index is 12.6. The second-order valence-corrected chi connectivity index (χ2v) is 4.52. The van der Waals surface area contributed by atoms with Crippen molar-refractivity contribution in [2.75, 3.05) is 0 Å². The molecule has 0 amide bonds. The van der Waals surface area contributed by atoms with Gasteiger partial charge in [-0.3, -0.25) is 9.48 Å². The summed E-state index contributed by atoms with van der Waals surface area (Å²) in [4.78, 5) is 11.9. The molecule has 0 aliphatic carbocycles. The number of hydrogen-bond acceptors (Lipinski definition) is 2. The van der Waals surface area contributed by atoms with Gasteiger partial charge in [-0.2, -0.15) is 18.3 Å².